The summed E-state index contributed by atoms with van der Waals surface area (Å²) in [6.45, 7) is 2.38. The molecule has 5 heteroatoms. The highest BCUT2D eigenvalue weighted by Crippen LogP contribution is 2.30. The van der Waals surface area contributed by atoms with Gasteiger partial charge >= 0.3 is 0 Å². The van der Waals surface area contributed by atoms with Gasteiger partial charge in [-0.15, -0.1) is 0 Å². The normalized spacial score (nSPS) is 15.1. The van der Waals surface area contributed by atoms with E-state index in [-0.39, 0.29) is 11.8 Å². The SMILES string of the molecule is O=C(NCc1ccccc1)C1CCN(c2ccnc3cc(Br)ccc23)CC1. The molecule has 2 aromatic carbocycles. The number of carbonyl (C=O) groups excluding carboxylic acids is 1. The minimum Gasteiger partial charge on any atom is -0.371 e. The van der Waals surface area contributed by atoms with Gasteiger partial charge in [-0.2, -0.15) is 0 Å². The minimum atomic E-state index is 0.0900. The molecule has 4 rings (SSSR count). The van der Waals surface area contributed by atoms with Gasteiger partial charge in [0.2, 0.25) is 5.91 Å². The number of nitrogens with one attached hydrogen (secondary N) is 1. The first kappa shape index (κ1) is 18.0. The molecule has 0 atom stereocenters. The van der Waals surface area contributed by atoms with Crippen molar-refractivity contribution in [2.24, 2.45) is 5.92 Å². The lowest BCUT2D eigenvalue weighted by Gasteiger charge is -2.33. The molecule has 138 valence electrons. The number of anilines is 1. The number of nitrogens with zero attached hydrogens (tertiary/aromatic N) is 2. The zero-order valence-corrected chi connectivity index (χ0v) is 16.7. The lowest BCUT2D eigenvalue weighted by atomic mass is 9.95. The number of hydrogen-bond donors (Lipinski definition) is 1. The van der Waals surface area contributed by atoms with Gasteiger partial charge in [-0.25, -0.2) is 0 Å². The third-order valence-corrected chi connectivity index (χ3v) is 5.69. The lowest BCUT2D eigenvalue weighted by Crippen LogP contribution is -2.40. The van der Waals surface area contributed by atoms with E-state index < -0.39 is 0 Å². The van der Waals surface area contributed by atoms with Crippen molar-refractivity contribution < 1.29 is 4.79 Å². The van der Waals surface area contributed by atoms with Crippen molar-refractivity contribution in [2.45, 2.75) is 19.4 Å². The van der Waals surface area contributed by atoms with Gasteiger partial charge in [0.25, 0.3) is 0 Å². The first-order valence-electron chi connectivity index (χ1n) is 9.31. The van der Waals surface area contributed by atoms with Crippen LogP contribution in [0.25, 0.3) is 10.9 Å². The van der Waals surface area contributed by atoms with E-state index in [1.54, 1.807) is 0 Å². The summed E-state index contributed by atoms with van der Waals surface area (Å²) in [5, 5.41) is 4.25. The second-order valence-electron chi connectivity index (χ2n) is 6.96. The molecule has 0 radical (unpaired) electrons. The summed E-state index contributed by atoms with van der Waals surface area (Å²) in [5.41, 5.74) is 3.33. The molecule has 27 heavy (non-hydrogen) atoms. The molecule has 0 unspecified atom stereocenters. The summed E-state index contributed by atoms with van der Waals surface area (Å²) in [5.74, 6) is 0.259. The van der Waals surface area contributed by atoms with E-state index in [0.717, 1.165) is 46.9 Å². The average molecular weight is 424 g/mol. The second kappa shape index (κ2) is 8.09. The van der Waals surface area contributed by atoms with E-state index in [4.69, 9.17) is 0 Å². The monoisotopic (exact) mass is 423 g/mol. The summed E-state index contributed by atoms with van der Waals surface area (Å²) in [6.07, 6.45) is 3.62. The van der Waals surface area contributed by atoms with Crippen LogP contribution in [0.2, 0.25) is 0 Å². The van der Waals surface area contributed by atoms with Crippen LogP contribution in [-0.4, -0.2) is 24.0 Å². The van der Waals surface area contributed by atoms with E-state index in [2.05, 4.69) is 49.3 Å². The van der Waals surface area contributed by atoms with E-state index in [1.807, 2.05) is 42.6 Å². The zero-order chi connectivity index (χ0) is 18.6. The van der Waals surface area contributed by atoms with Gasteiger partial charge in [0.1, 0.15) is 0 Å². The van der Waals surface area contributed by atoms with Crippen LogP contribution in [0.4, 0.5) is 5.69 Å². The number of rotatable bonds is 4. The van der Waals surface area contributed by atoms with Crippen molar-refractivity contribution in [3.63, 3.8) is 0 Å². The Morgan fingerprint density at radius 3 is 2.67 bits per heavy atom. The molecule has 4 nitrogen and oxygen atoms in total. The largest absolute Gasteiger partial charge is 0.371 e. The first-order chi connectivity index (χ1) is 13.2. The number of piperidine rings is 1. The fourth-order valence-corrected chi connectivity index (χ4v) is 4.04. The number of carbonyl (C=O) groups is 1. The van der Waals surface area contributed by atoms with Crippen LogP contribution >= 0.6 is 15.9 Å². The van der Waals surface area contributed by atoms with Gasteiger partial charge in [0.05, 0.1) is 5.52 Å². The molecule has 1 saturated heterocycles. The molecule has 1 aromatic heterocycles. The van der Waals surface area contributed by atoms with Crippen molar-refractivity contribution in [1.29, 1.82) is 0 Å². The third-order valence-electron chi connectivity index (χ3n) is 5.20. The molecule has 1 aliphatic heterocycles. The van der Waals surface area contributed by atoms with Crippen LogP contribution in [0.1, 0.15) is 18.4 Å². The highest BCUT2D eigenvalue weighted by molar-refractivity contribution is 9.10. The highest BCUT2D eigenvalue weighted by atomic mass is 79.9. The number of pyridine rings is 1. The van der Waals surface area contributed by atoms with Crippen molar-refractivity contribution >= 4 is 38.4 Å². The van der Waals surface area contributed by atoms with Gasteiger partial charge in [-0.1, -0.05) is 46.3 Å². The molecule has 1 amide bonds. The Bertz CT molecular complexity index is 937. The predicted octanol–water partition coefficient (Wildman–Crippen LogP) is 4.53. The summed E-state index contributed by atoms with van der Waals surface area (Å²) in [6, 6.07) is 18.3. The van der Waals surface area contributed by atoms with Crippen molar-refractivity contribution in [3.05, 3.63) is 70.8 Å². The Balaban J connectivity index is 1.38. The molecule has 3 aromatic rings. The quantitative estimate of drug-likeness (QED) is 0.670. The molecular formula is C22H22BrN3O. The Kier molecular flexibility index (Phi) is 5.39. The van der Waals surface area contributed by atoms with Gasteiger partial charge in [-0.3, -0.25) is 9.78 Å². The molecule has 0 aliphatic carbocycles. The number of benzene rings is 2. The Morgan fingerprint density at radius 2 is 1.89 bits per heavy atom. The highest BCUT2D eigenvalue weighted by Gasteiger charge is 2.25. The van der Waals surface area contributed by atoms with Crippen LogP contribution in [0.15, 0.2) is 65.3 Å². The minimum absolute atomic E-state index is 0.0900. The molecule has 0 saturated carbocycles. The smallest absolute Gasteiger partial charge is 0.223 e. The summed E-state index contributed by atoms with van der Waals surface area (Å²) in [4.78, 5) is 19.4. The van der Waals surface area contributed by atoms with Crippen LogP contribution in [0, 0.1) is 5.92 Å². The molecule has 1 N–H and O–H groups in total. The molecule has 0 spiro atoms. The number of hydrogen-bond acceptors (Lipinski definition) is 3. The van der Waals surface area contributed by atoms with Crippen molar-refractivity contribution in [1.82, 2.24) is 10.3 Å². The Labute approximate surface area is 167 Å². The van der Waals surface area contributed by atoms with Crippen LogP contribution in [0.3, 0.4) is 0 Å². The molecule has 1 fully saturated rings. The van der Waals surface area contributed by atoms with Gasteiger partial charge < -0.3 is 10.2 Å². The maximum absolute atomic E-state index is 12.5. The van der Waals surface area contributed by atoms with Gasteiger partial charge in [0, 0.05) is 47.3 Å². The number of amides is 1. The molecule has 2 heterocycles. The Hall–Kier alpha value is -2.40. The molecule has 1 aliphatic rings. The van der Waals surface area contributed by atoms with Gasteiger partial charge in [0.15, 0.2) is 0 Å². The van der Waals surface area contributed by atoms with Crippen molar-refractivity contribution in [3.8, 4) is 0 Å². The number of fused-ring (bicyclic) bond motifs is 1. The second-order valence-corrected chi connectivity index (χ2v) is 7.87. The Morgan fingerprint density at radius 1 is 1.11 bits per heavy atom. The number of halogens is 1. The van der Waals surface area contributed by atoms with Crippen LogP contribution in [-0.2, 0) is 11.3 Å². The molecule has 0 bridgehead atoms. The van der Waals surface area contributed by atoms with Crippen LogP contribution < -0.4 is 10.2 Å². The fraction of sp³-hybridized carbons (Fsp3) is 0.273. The summed E-state index contributed by atoms with van der Waals surface area (Å²) < 4.78 is 1.04. The van der Waals surface area contributed by atoms with E-state index >= 15 is 0 Å². The average Bonchev–Trinajstić information content (AvgIpc) is 2.72. The van der Waals surface area contributed by atoms with E-state index in [0.29, 0.717) is 6.54 Å². The maximum atomic E-state index is 12.5. The third kappa shape index (κ3) is 4.14. The predicted molar refractivity (Wildman–Crippen MR) is 113 cm³/mol. The van der Waals surface area contributed by atoms with Crippen molar-refractivity contribution in [2.75, 3.05) is 18.0 Å². The maximum Gasteiger partial charge on any atom is 0.223 e. The fourth-order valence-electron chi connectivity index (χ4n) is 3.69. The summed E-state index contributed by atoms with van der Waals surface area (Å²) in [7, 11) is 0. The first-order valence-corrected chi connectivity index (χ1v) is 10.1. The van der Waals surface area contributed by atoms with E-state index in [1.165, 1.54) is 5.69 Å². The lowest BCUT2D eigenvalue weighted by molar-refractivity contribution is -0.125. The van der Waals surface area contributed by atoms with E-state index in [9.17, 15) is 4.79 Å². The zero-order valence-electron chi connectivity index (χ0n) is 15.1. The standard InChI is InChI=1S/C22H22BrN3O/c23-18-6-7-19-20(14-18)24-11-8-21(19)26-12-9-17(10-13-26)22(27)25-15-16-4-2-1-3-5-16/h1-8,11,14,17H,9-10,12-13,15H2,(H,25,27). The molecular weight excluding hydrogens is 402 g/mol. The topological polar surface area (TPSA) is 45.2 Å². The summed E-state index contributed by atoms with van der Waals surface area (Å²) >= 11 is 3.51. The number of aromatic nitrogens is 1. The van der Waals surface area contributed by atoms with Gasteiger partial charge in [-0.05, 0) is 42.7 Å². The van der Waals surface area contributed by atoms with Crippen LogP contribution in [0.5, 0.6) is 0 Å².